The van der Waals surface area contributed by atoms with Gasteiger partial charge in [0.05, 0.1) is 17.1 Å². The molecule has 16 heavy (non-hydrogen) atoms. The van der Waals surface area contributed by atoms with Crippen LogP contribution in [0.1, 0.15) is 36.3 Å². The molecule has 3 heteroatoms. The normalized spacial score (nSPS) is 13.2. The lowest BCUT2D eigenvalue weighted by atomic mass is 10.1. The maximum atomic E-state index is 4.68. The van der Waals surface area contributed by atoms with Crippen LogP contribution >= 0.6 is 0 Å². The van der Waals surface area contributed by atoms with Gasteiger partial charge in [-0.2, -0.15) is 0 Å². The fourth-order valence-electron chi connectivity index (χ4n) is 2.19. The molecule has 0 aliphatic heterocycles. The zero-order valence-corrected chi connectivity index (χ0v) is 10.4. The number of aromatic amines is 1. The topological polar surface area (TPSA) is 40.7 Å². The van der Waals surface area contributed by atoms with Crippen molar-refractivity contribution in [3.05, 3.63) is 29.1 Å². The molecule has 0 aliphatic carbocycles. The summed E-state index contributed by atoms with van der Waals surface area (Å²) >= 11 is 0. The summed E-state index contributed by atoms with van der Waals surface area (Å²) < 4.78 is 0. The molecule has 0 saturated carbocycles. The average molecular weight is 217 g/mol. The van der Waals surface area contributed by atoms with Gasteiger partial charge in [-0.1, -0.05) is 13.0 Å². The van der Waals surface area contributed by atoms with Gasteiger partial charge in [-0.3, -0.25) is 0 Å². The summed E-state index contributed by atoms with van der Waals surface area (Å²) in [7, 11) is 1.97. The van der Waals surface area contributed by atoms with Gasteiger partial charge in [0.2, 0.25) is 0 Å². The first-order valence-corrected chi connectivity index (χ1v) is 5.79. The van der Waals surface area contributed by atoms with Gasteiger partial charge in [-0.05, 0) is 44.5 Å². The molecule has 0 amide bonds. The van der Waals surface area contributed by atoms with Crippen molar-refractivity contribution in [1.29, 1.82) is 0 Å². The highest BCUT2D eigenvalue weighted by atomic mass is 15.0. The number of imidazole rings is 1. The number of aromatic nitrogens is 2. The van der Waals surface area contributed by atoms with Crippen molar-refractivity contribution in [2.75, 3.05) is 7.05 Å². The van der Waals surface area contributed by atoms with Crippen LogP contribution in [-0.4, -0.2) is 17.0 Å². The van der Waals surface area contributed by atoms with Gasteiger partial charge in [0.25, 0.3) is 0 Å². The van der Waals surface area contributed by atoms with Crippen molar-refractivity contribution in [3.63, 3.8) is 0 Å². The van der Waals surface area contributed by atoms with E-state index in [0.717, 1.165) is 23.3 Å². The second-order valence-corrected chi connectivity index (χ2v) is 4.35. The molecule has 2 N–H and O–H groups in total. The van der Waals surface area contributed by atoms with Crippen LogP contribution in [-0.2, 0) is 0 Å². The minimum Gasteiger partial charge on any atom is -0.341 e. The highest BCUT2D eigenvalue weighted by Crippen LogP contribution is 2.21. The molecule has 2 aromatic rings. The van der Waals surface area contributed by atoms with Crippen LogP contribution in [0.2, 0.25) is 0 Å². The Bertz CT molecular complexity index is 495. The predicted molar refractivity (Wildman–Crippen MR) is 67.7 cm³/mol. The van der Waals surface area contributed by atoms with Crippen molar-refractivity contribution in [3.8, 4) is 0 Å². The average Bonchev–Trinajstić information content (AvgIpc) is 2.63. The third-order valence-corrected chi connectivity index (χ3v) is 3.03. The summed E-state index contributed by atoms with van der Waals surface area (Å²) in [5.74, 6) is 1.04. The molecule has 1 aromatic carbocycles. The Hall–Kier alpha value is -1.35. The molecular formula is C13H19N3. The molecule has 0 spiro atoms. The maximum Gasteiger partial charge on any atom is 0.124 e. The summed E-state index contributed by atoms with van der Waals surface area (Å²) in [6.45, 7) is 6.38. The Balaban J connectivity index is 2.55. The van der Waals surface area contributed by atoms with Gasteiger partial charge in [0.15, 0.2) is 0 Å². The maximum absolute atomic E-state index is 4.68. The molecule has 1 unspecified atom stereocenters. The lowest BCUT2D eigenvalue weighted by Crippen LogP contribution is -2.16. The second-order valence-electron chi connectivity index (χ2n) is 4.35. The van der Waals surface area contributed by atoms with Gasteiger partial charge in [-0.25, -0.2) is 4.98 Å². The molecule has 0 bridgehead atoms. The molecule has 0 radical (unpaired) electrons. The van der Waals surface area contributed by atoms with E-state index in [4.69, 9.17) is 0 Å². The Morgan fingerprint density at radius 2 is 2.12 bits per heavy atom. The number of benzene rings is 1. The van der Waals surface area contributed by atoms with E-state index >= 15 is 0 Å². The van der Waals surface area contributed by atoms with Gasteiger partial charge in [0, 0.05) is 0 Å². The molecule has 2 rings (SSSR count). The predicted octanol–water partition coefficient (Wildman–Crippen LogP) is 2.85. The van der Waals surface area contributed by atoms with Crippen molar-refractivity contribution < 1.29 is 0 Å². The first-order valence-electron chi connectivity index (χ1n) is 5.79. The molecule has 0 saturated heterocycles. The number of hydrogen-bond donors (Lipinski definition) is 2. The molecule has 86 valence electrons. The molecule has 3 nitrogen and oxygen atoms in total. The SMILES string of the molecule is CCC(NC)c1nc2c(C)cc(C)cc2[nH]1. The van der Waals surface area contributed by atoms with E-state index in [9.17, 15) is 0 Å². The third kappa shape index (κ3) is 1.83. The van der Waals surface area contributed by atoms with Crippen molar-refractivity contribution in [2.45, 2.75) is 33.2 Å². The number of fused-ring (bicyclic) bond motifs is 1. The lowest BCUT2D eigenvalue weighted by Gasteiger charge is -2.09. The number of hydrogen-bond acceptors (Lipinski definition) is 2. The number of aryl methyl sites for hydroxylation is 2. The van der Waals surface area contributed by atoms with Crippen LogP contribution in [0.25, 0.3) is 11.0 Å². The lowest BCUT2D eigenvalue weighted by molar-refractivity contribution is 0.551. The number of nitrogens with zero attached hydrogens (tertiary/aromatic N) is 1. The monoisotopic (exact) mass is 217 g/mol. The summed E-state index contributed by atoms with van der Waals surface area (Å²) in [6, 6.07) is 4.64. The van der Waals surface area contributed by atoms with Crippen molar-refractivity contribution >= 4 is 11.0 Å². The van der Waals surface area contributed by atoms with Gasteiger partial charge in [-0.15, -0.1) is 0 Å². The van der Waals surface area contributed by atoms with Crippen LogP contribution in [0.4, 0.5) is 0 Å². The van der Waals surface area contributed by atoms with Crippen LogP contribution < -0.4 is 5.32 Å². The minimum absolute atomic E-state index is 0.312. The zero-order valence-electron chi connectivity index (χ0n) is 10.4. The zero-order chi connectivity index (χ0) is 11.7. The van der Waals surface area contributed by atoms with E-state index in [1.165, 1.54) is 11.1 Å². The van der Waals surface area contributed by atoms with E-state index in [0.29, 0.717) is 6.04 Å². The first-order chi connectivity index (χ1) is 7.65. The summed E-state index contributed by atoms with van der Waals surface area (Å²) in [6.07, 6.45) is 1.04. The van der Waals surface area contributed by atoms with Gasteiger partial charge in [0.1, 0.15) is 5.82 Å². The van der Waals surface area contributed by atoms with Crippen LogP contribution in [0, 0.1) is 13.8 Å². The first kappa shape index (κ1) is 11.1. The minimum atomic E-state index is 0.312. The summed E-state index contributed by atoms with van der Waals surface area (Å²) in [5.41, 5.74) is 4.75. The van der Waals surface area contributed by atoms with Crippen molar-refractivity contribution in [1.82, 2.24) is 15.3 Å². The Kier molecular flexibility index (Phi) is 2.97. The van der Waals surface area contributed by atoms with Crippen LogP contribution in [0.15, 0.2) is 12.1 Å². The molecular weight excluding hydrogens is 198 g/mol. The van der Waals surface area contributed by atoms with E-state index in [-0.39, 0.29) is 0 Å². The smallest absolute Gasteiger partial charge is 0.124 e. The summed E-state index contributed by atoms with van der Waals surface area (Å²) in [4.78, 5) is 8.08. The molecule has 0 aliphatic rings. The second kappa shape index (κ2) is 4.26. The van der Waals surface area contributed by atoms with Gasteiger partial charge >= 0.3 is 0 Å². The molecule has 1 heterocycles. The molecule has 1 aromatic heterocycles. The highest BCUT2D eigenvalue weighted by molar-refractivity contribution is 5.79. The Morgan fingerprint density at radius 1 is 1.38 bits per heavy atom. The third-order valence-electron chi connectivity index (χ3n) is 3.03. The largest absolute Gasteiger partial charge is 0.341 e. The Labute approximate surface area is 96.3 Å². The van der Waals surface area contributed by atoms with Crippen LogP contribution in [0.5, 0.6) is 0 Å². The summed E-state index contributed by atoms with van der Waals surface area (Å²) in [5, 5.41) is 3.27. The van der Waals surface area contributed by atoms with E-state index < -0.39 is 0 Å². The van der Waals surface area contributed by atoms with Crippen LogP contribution in [0.3, 0.4) is 0 Å². The number of nitrogens with one attached hydrogen (secondary N) is 2. The highest BCUT2D eigenvalue weighted by Gasteiger charge is 2.12. The van der Waals surface area contributed by atoms with Gasteiger partial charge < -0.3 is 10.3 Å². The quantitative estimate of drug-likeness (QED) is 0.830. The fraction of sp³-hybridized carbons (Fsp3) is 0.462. The fourth-order valence-corrected chi connectivity index (χ4v) is 2.19. The number of H-pyrrole nitrogens is 1. The van der Waals surface area contributed by atoms with E-state index in [2.05, 4.69) is 48.2 Å². The van der Waals surface area contributed by atoms with E-state index in [1.54, 1.807) is 0 Å². The van der Waals surface area contributed by atoms with Crippen molar-refractivity contribution in [2.24, 2.45) is 0 Å². The molecule has 1 atom stereocenters. The number of rotatable bonds is 3. The van der Waals surface area contributed by atoms with E-state index in [1.807, 2.05) is 7.05 Å². The molecule has 0 fully saturated rings. The standard InChI is InChI=1S/C13H19N3/c1-5-10(14-4)13-15-11-7-8(2)6-9(3)12(11)16-13/h6-7,10,14H,5H2,1-4H3,(H,15,16). The Morgan fingerprint density at radius 3 is 2.75 bits per heavy atom.